The van der Waals surface area contributed by atoms with Gasteiger partial charge in [-0.1, -0.05) is 0 Å². The van der Waals surface area contributed by atoms with E-state index in [0.29, 0.717) is 12.5 Å². The fourth-order valence-corrected chi connectivity index (χ4v) is 2.09. The molecule has 0 aromatic carbocycles. The monoisotopic (exact) mass is 200 g/mol. The Morgan fingerprint density at radius 3 is 2.86 bits per heavy atom. The van der Waals surface area contributed by atoms with Gasteiger partial charge in [0, 0.05) is 32.7 Å². The number of amides is 1. The van der Waals surface area contributed by atoms with Gasteiger partial charge < -0.3 is 15.7 Å². The van der Waals surface area contributed by atoms with E-state index in [1.54, 1.807) is 6.92 Å². The number of aliphatic hydroxyl groups excluding tert-OH is 1. The van der Waals surface area contributed by atoms with Crippen LogP contribution < -0.4 is 5.73 Å². The molecule has 1 saturated heterocycles. The number of carbonyl (C=O) groups is 1. The minimum Gasteiger partial charge on any atom is -0.396 e. The molecule has 2 atom stereocenters. The van der Waals surface area contributed by atoms with Gasteiger partial charge in [0.1, 0.15) is 0 Å². The Labute approximate surface area is 85.1 Å². The van der Waals surface area contributed by atoms with Crippen molar-refractivity contribution in [3.63, 3.8) is 0 Å². The molecule has 0 saturated carbocycles. The molecule has 1 amide bonds. The van der Waals surface area contributed by atoms with Gasteiger partial charge in [-0.25, -0.2) is 0 Å². The number of carbonyl (C=O) groups excluding carboxylic acids is 1. The summed E-state index contributed by atoms with van der Waals surface area (Å²) in [6, 6.07) is 0.108. The first-order valence-electron chi connectivity index (χ1n) is 5.25. The normalized spacial score (nSPS) is 27.8. The predicted octanol–water partition coefficient (Wildman–Crippen LogP) is -0.0454. The molecule has 1 heterocycles. The average molecular weight is 200 g/mol. The predicted molar refractivity (Wildman–Crippen MR) is 54.7 cm³/mol. The zero-order valence-corrected chi connectivity index (χ0v) is 8.78. The van der Waals surface area contributed by atoms with Crippen LogP contribution in [0.25, 0.3) is 0 Å². The van der Waals surface area contributed by atoms with Crippen molar-refractivity contribution >= 4 is 5.91 Å². The van der Waals surface area contributed by atoms with E-state index in [2.05, 4.69) is 0 Å². The van der Waals surface area contributed by atoms with Crippen LogP contribution in [-0.4, -0.2) is 41.7 Å². The molecule has 1 fully saturated rings. The van der Waals surface area contributed by atoms with Crippen molar-refractivity contribution in [2.75, 3.05) is 19.7 Å². The summed E-state index contributed by atoms with van der Waals surface area (Å²) >= 11 is 0. The lowest BCUT2D eigenvalue weighted by atomic mass is 9.91. The van der Waals surface area contributed by atoms with E-state index in [0.717, 1.165) is 25.8 Å². The molecule has 82 valence electrons. The summed E-state index contributed by atoms with van der Waals surface area (Å²) in [6.45, 7) is 3.31. The first-order valence-corrected chi connectivity index (χ1v) is 5.25. The van der Waals surface area contributed by atoms with Crippen molar-refractivity contribution in [1.82, 2.24) is 4.90 Å². The standard InChI is InChI=1S/C10H20N2O2/c1-8(14)12-6-9(3-2-4-13)5-10(11)7-12/h9-10,13H,2-7,11H2,1H3. The van der Waals surface area contributed by atoms with Crippen molar-refractivity contribution < 1.29 is 9.90 Å². The second-order valence-electron chi connectivity index (χ2n) is 4.15. The maximum absolute atomic E-state index is 11.2. The second kappa shape index (κ2) is 5.32. The third-order valence-corrected chi connectivity index (χ3v) is 2.79. The molecular formula is C10H20N2O2. The SMILES string of the molecule is CC(=O)N1CC(N)CC(CCCO)C1. The Bertz CT molecular complexity index is 197. The number of piperidine rings is 1. The maximum Gasteiger partial charge on any atom is 0.219 e. The Morgan fingerprint density at radius 1 is 1.57 bits per heavy atom. The van der Waals surface area contributed by atoms with E-state index < -0.39 is 0 Å². The van der Waals surface area contributed by atoms with Gasteiger partial charge in [0.2, 0.25) is 5.91 Å². The summed E-state index contributed by atoms with van der Waals surface area (Å²) in [7, 11) is 0. The number of aliphatic hydroxyl groups is 1. The molecule has 0 aromatic rings. The summed E-state index contributed by atoms with van der Waals surface area (Å²) < 4.78 is 0. The van der Waals surface area contributed by atoms with E-state index in [4.69, 9.17) is 10.8 Å². The highest BCUT2D eigenvalue weighted by Gasteiger charge is 2.25. The molecule has 3 N–H and O–H groups in total. The molecule has 0 aromatic heterocycles. The van der Waals surface area contributed by atoms with Crippen molar-refractivity contribution in [3.05, 3.63) is 0 Å². The van der Waals surface area contributed by atoms with Crippen LogP contribution in [0.1, 0.15) is 26.2 Å². The summed E-state index contributed by atoms with van der Waals surface area (Å²) in [6.07, 6.45) is 2.75. The van der Waals surface area contributed by atoms with Crippen molar-refractivity contribution in [1.29, 1.82) is 0 Å². The highest BCUT2D eigenvalue weighted by molar-refractivity contribution is 5.73. The lowest BCUT2D eigenvalue weighted by Gasteiger charge is -2.35. The zero-order valence-electron chi connectivity index (χ0n) is 8.78. The van der Waals surface area contributed by atoms with Crippen molar-refractivity contribution in [2.24, 2.45) is 11.7 Å². The van der Waals surface area contributed by atoms with Crippen LogP contribution in [-0.2, 0) is 4.79 Å². The summed E-state index contributed by atoms with van der Waals surface area (Å²) in [5.74, 6) is 0.573. The maximum atomic E-state index is 11.2. The molecule has 4 nitrogen and oxygen atoms in total. The molecule has 14 heavy (non-hydrogen) atoms. The minimum absolute atomic E-state index is 0.106. The van der Waals surface area contributed by atoms with Gasteiger partial charge in [-0.05, 0) is 25.2 Å². The highest BCUT2D eigenvalue weighted by Crippen LogP contribution is 2.20. The number of likely N-dealkylation sites (tertiary alicyclic amines) is 1. The Morgan fingerprint density at radius 2 is 2.29 bits per heavy atom. The lowest BCUT2D eigenvalue weighted by molar-refractivity contribution is -0.131. The van der Waals surface area contributed by atoms with Gasteiger partial charge in [-0.2, -0.15) is 0 Å². The number of hydrogen-bond donors (Lipinski definition) is 2. The number of nitrogens with two attached hydrogens (primary N) is 1. The molecule has 0 spiro atoms. The molecule has 2 unspecified atom stereocenters. The first kappa shape index (κ1) is 11.5. The Kier molecular flexibility index (Phi) is 4.35. The average Bonchev–Trinajstić information content (AvgIpc) is 2.14. The summed E-state index contributed by atoms with van der Waals surface area (Å²) in [4.78, 5) is 13.0. The van der Waals surface area contributed by atoms with Crippen LogP contribution in [0.3, 0.4) is 0 Å². The van der Waals surface area contributed by atoms with Gasteiger partial charge in [-0.3, -0.25) is 4.79 Å². The third-order valence-electron chi connectivity index (χ3n) is 2.79. The lowest BCUT2D eigenvalue weighted by Crippen LogP contribution is -2.48. The molecular weight excluding hydrogens is 180 g/mol. The smallest absolute Gasteiger partial charge is 0.219 e. The highest BCUT2D eigenvalue weighted by atomic mass is 16.2. The van der Waals surface area contributed by atoms with E-state index >= 15 is 0 Å². The summed E-state index contributed by atoms with van der Waals surface area (Å²) in [5.41, 5.74) is 5.87. The number of hydrogen-bond acceptors (Lipinski definition) is 3. The molecule has 0 bridgehead atoms. The van der Waals surface area contributed by atoms with Gasteiger partial charge in [-0.15, -0.1) is 0 Å². The first-order chi connectivity index (χ1) is 6.63. The molecule has 1 rings (SSSR count). The van der Waals surface area contributed by atoms with Crippen LogP contribution in [0.4, 0.5) is 0 Å². The Hall–Kier alpha value is -0.610. The van der Waals surface area contributed by atoms with E-state index in [-0.39, 0.29) is 18.6 Å². The fourth-order valence-electron chi connectivity index (χ4n) is 2.09. The largest absolute Gasteiger partial charge is 0.396 e. The zero-order chi connectivity index (χ0) is 10.6. The van der Waals surface area contributed by atoms with Gasteiger partial charge in [0.25, 0.3) is 0 Å². The van der Waals surface area contributed by atoms with E-state index in [1.165, 1.54) is 0 Å². The molecule has 1 aliphatic rings. The number of rotatable bonds is 3. The van der Waals surface area contributed by atoms with E-state index in [9.17, 15) is 4.79 Å². The van der Waals surface area contributed by atoms with Crippen LogP contribution in [0.2, 0.25) is 0 Å². The second-order valence-corrected chi connectivity index (χ2v) is 4.15. The van der Waals surface area contributed by atoms with Crippen LogP contribution in [0, 0.1) is 5.92 Å². The van der Waals surface area contributed by atoms with Gasteiger partial charge in [0.05, 0.1) is 0 Å². The number of nitrogens with zero attached hydrogens (tertiary/aromatic N) is 1. The third kappa shape index (κ3) is 3.27. The van der Waals surface area contributed by atoms with Crippen LogP contribution in [0.5, 0.6) is 0 Å². The van der Waals surface area contributed by atoms with E-state index in [1.807, 2.05) is 4.90 Å². The molecule has 4 heteroatoms. The van der Waals surface area contributed by atoms with Crippen molar-refractivity contribution in [2.45, 2.75) is 32.2 Å². The van der Waals surface area contributed by atoms with Crippen LogP contribution >= 0.6 is 0 Å². The molecule has 1 aliphatic heterocycles. The minimum atomic E-state index is 0.106. The topological polar surface area (TPSA) is 66.6 Å². The quantitative estimate of drug-likeness (QED) is 0.671. The summed E-state index contributed by atoms with van der Waals surface area (Å²) in [5, 5.41) is 8.73. The van der Waals surface area contributed by atoms with Crippen molar-refractivity contribution in [3.8, 4) is 0 Å². The molecule has 0 radical (unpaired) electrons. The molecule has 0 aliphatic carbocycles. The van der Waals surface area contributed by atoms with Crippen LogP contribution in [0.15, 0.2) is 0 Å². The van der Waals surface area contributed by atoms with Gasteiger partial charge >= 0.3 is 0 Å². The van der Waals surface area contributed by atoms with Gasteiger partial charge in [0.15, 0.2) is 0 Å². The fraction of sp³-hybridized carbons (Fsp3) is 0.900. The Balaban J connectivity index is 2.41.